The van der Waals surface area contributed by atoms with Crippen molar-refractivity contribution in [1.82, 2.24) is 4.57 Å². The first-order valence-electron chi connectivity index (χ1n) is 12.3. The minimum absolute atomic E-state index is 0.136. The molecule has 1 unspecified atom stereocenters. The maximum atomic E-state index is 13.7. The molecule has 3 aromatic rings. The Kier molecular flexibility index (Phi) is 9.98. The van der Waals surface area contributed by atoms with Gasteiger partial charge in [0.15, 0.2) is 0 Å². The van der Waals surface area contributed by atoms with Crippen LogP contribution in [0.25, 0.3) is 28.1 Å². The smallest absolute Gasteiger partial charge is 0.310 e. The Morgan fingerprint density at radius 2 is 1.76 bits per heavy atom. The highest BCUT2D eigenvalue weighted by Gasteiger charge is 2.22. The van der Waals surface area contributed by atoms with Gasteiger partial charge in [-0.2, -0.15) is 0 Å². The normalized spacial score (nSPS) is 14.1. The van der Waals surface area contributed by atoms with E-state index in [4.69, 9.17) is 14.2 Å². The molecule has 1 aromatic heterocycles. The zero-order chi connectivity index (χ0) is 27.8. The van der Waals surface area contributed by atoms with Gasteiger partial charge in [0.05, 0.1) is 18.6 Å². The molecule has 1 heterocycles. The number of aromatic nitrogens is 1. The highest BCUT2D eigenvalue weighted by Crippen LogP contribution is 2.38. The van der Waals surface area contributed by atoms with E-state index in [9.17, 15) is 19.3 Å². The Morgan fingerprint density at radius 3 is 2.37 bits per heavy atom. The average molecular weight is 529 g/mol. The van der Waals surface area contributed by atoms with E-state index in [2.05, 4.69) is 29.3 Å². The molecule has 3 atom stereocenters. The van der Waals surface area contributed by atoms with E-state index in [1.54, 1.807) is 19.2 Å². The Hall–Kier alpha value is -3.76. The van der Waals surface area contributed by atoms with Gasteiger partial charge in [0, 0.05) is 48.8 Å². The van der Waals surface area contributed by atoms with Gasteiger partial charge < -0.3 is 18.8 Å². The number of hydrogen-bond acceptors (Lipinski definition) is 7. The molecule has 0 radical (unpaired) electrons. The van der Waals surface area contributed by atoms with E-state index in [1.165, 1.54) is 26.2 Å². The van der Waals surface area contributed by atoms with Gasteiger partial charge in [-0.3, -0.25) is 9.63 Å². The number of benzene rings is 2. The SMILES string of the molecule is CO[C@@H](CC(=O)OC(C)O[N+](=O)[O-])C[C@@H](/C=C/c1c(-c2ccc(F)cc2)c2ccccc2n1C(C)C)OC. The fourth-order valence-electron chi connectivity index (χ4n) is 4.46. The number of nitrogens with zero attached hydrogens (tertiary/aromatic N) is 2. The van der Waals surface area contributed by atoms with Crippen LogP contribution < -0.4 is 0 Å². The highest BCUT2D eigenvalue weighted by atomic mass is 19.1. The first kappa shape index (κ1) is 28.8. The molecule has 0 fully saturated rings. The topological polar surface area (TPSA) is 102 Å². The summed E-state index contributed by atoms with van der Waals surface area (Å²) in [5.74, 6) is -0.995. The molecule has 0 aliphatic carbocycles. The van der Waals surface area contributed by atoms with Crippen LogP contribution in [0, 0.1) is 15.9 Å². The van der Waals surface area contributed by atoms with Gasteiger partial charge in [-0.1, -0.05) is 36.4 Å². The van der Waals surface area contributed by atoms with Gasteiger partial charge in [0.1, 0.15) is 5.82 Å². The Labute approximate surface area is 220 Å². The Balaban J connectivity index is 1.89. The average Bonchev–Trinajstić information content (AvgIpc) is 3.20. The summed E-state index contributed by atoms with van der Waals surface area (Å²) in [5, 5.41) is 10.4. The predicted molar refractivity (Wildman–Crippen MR) is 141 cm³/mol. The van der Waals surface area contributed by atoms with E-state index >= 15 is 0 Å². The number of hydrogen-bond donors (Lipinski definition) is 0. The number of methoxy groups -OCH3 is 2. The molecule has 0 spiro atoms. The van der Waals surface area contributed by atoms with Crippen LogP contribution in [0.1, 0.15) is 45.3 Å². The summed E-state index contributed by atoms with van der Waals surface area (Å²) >= 11 is 0. The minimum atomic E-state index is -1.32. The Morgan fingerprint density at radius 1 is 1.08 bits per heavy atom. The summed E-state index contributed by atoms with van der Waals surface area (Å²) < 4.78 is 32.0. The van der Waals surface area contributed by atoms with Crippen molar-refractivity contribution in [2.24, 2.45) is 0 Å². The monoisotopic (exact) mass is 528 g/mol. The fourth-order valence-corrected chi connectivity index (χ4v) is 4.46. The second kappa shape index (κ2) is 13.2. The molecule has 3 rings (SSSR count). The van der Waals surface area contributed by atoms with E-state index in [0.717, 1.165) is 27.7 Å². The van der Waals surface area contributed by atoms with E-state index in [1.807, 2.05) is 30.4 Å². The van der Waals surface area contributed by atoms with Crippen LogP contribution in [-0.4, -0.2) is 48.3 Å². The van der Waals surface area contributed by atoms with Gasteiger partial charge in [-0.25, -0.2) is 4.39 Å². The molecule has 0 saturated carbocycles. The molecule has 38 heavy (non-hydrogen) atoms. The number of halogens is 1. The van der Waals surface area contributed by atoms with Crippen LogP contribution in [0.15, 0.2) is 54.6 Å². The number of rotatable bonds is 13. The summed E-state index contributed by atoms with van der Waals surface area (Å²) in [6.07, 6.45) is 1.77. The quantitative estimate of drug-likeness (QED) is 0.117. The number of carbonyl (C=O) groups excluding carboxylic acids is 1. The fraction of sp³-hybridized carbons (Fsp3) is 0.393. The molecule has 0 aliphatic heterocycles. The molecule has 0 aliphatic rings. The standard InChI is InChI=1S/C28H33FN2O7/c1-18(2)30-25-9-7-6-8-24(25)28(20-10-12-21(29)13-11-20)26(30)15-14-22(35-4)16-23(36-5)17-27(32)37-19(3)38-31(33)34/h6-15,18-19,22-23H,16-17H2,1-5H3/b15-14+/t19?,22-,23-/m1/s1. The van der Waals surface area contributed by atoms with Crippen molar-refractivity contribution in [3.63, 3.8) is 0 Å². The third-order valence-corrected chi connectivity index (χ3v) is 6.12. The molecule has 9 nitrogen and oxygen atoms in total. The van der Waals surface area contributed by atoms with Crippen molar-refractivity contribution < 1.29 is 33.3 Å². The van der Waals surface area contributed by atoms with Crippen LogP contribution in [0.4, 0.5) is 4.39 Å². The van der Waals surface area contributed by atoms with Crippen LogP contribution >= 0.6 is 0 Å². The lowest BCUT2D eigenvalue weighted by Crippen LogP contribution is -2.27. The number of para-hydroxylation sites is 1. The Bertz CT molecular complexity index is 1270. The van der Waals surface area contributed by atoms with Gasteiger partial charge in [0.25, 0.3) is 5.09 Å². The van der Waals surface area contributed by atoms with Gasteiger partial charge in [-0.05, 0) is 50.6 Å². The van der Waals surface area contributed by atoms with Crippen molar-refractivity contribution in [3.05, 3.63) is 76.2 Å². The van der Waals surface area contributed by atoms with Crippen molar-refractivity contribution >= 4 is 22.9 Å². The van der Waals surface area contributed by atoms with Crippen LogP contribution in [0.2, 0.25) is 0 Å². The number of fused-ring (bicyclic) bond motifs is 1. The van der Waals surface area contributed by atoms with Gasteiger partial charge >= 0.3 is 5.97 Å². The third kappa shape index (κ3) is 7.17. The number of carbonyl (C=O) groups is 1. The lowest BCUT2D eigenvalue weighted by Gasteiger charge is -2.20. The molecule has 10 heteroatoms. The molecular weight excluding hydrogens is 495 g/mol. The molecule has 204 valence electrons. The molecule has 0 N–H and O–H groups in total. The molecule has 2 aromatic carbocycles. The second-order valence-corrected chi connectivity index (χ2v) is 9.07. The summed E-state index contributed by atoms with van der Waals surface area (Å²) in [7, 11) is 3.03. The van der Waals surface area contributed by atoms with Crippen molar-refractivity contribution in [1.29, 1.82) is 0 Å². The number of esters is 1. The largest absolute Gasteiger partial charge is 0.435 e. The van der Waals surface area contributed by atoms with Crippen molar-refractivity contribution in [2.45, 2.75) is 58.2 Å². The van der Waals surface area contributed by atoms with E-state index < -0.39 is 29.6 Å². The van der Waals surface area contributed by atoms with Gasteiger partial charge in [-0.15, -0.1) is 10.1 Å². The summed E-state index contributed by atoms with van der Waals surface area (Å²) in [4.78, 5) is 26.8. The zero-order valence-electron chi connectivity index (χ0n) is 22.1. The van der Waals surface area contributed by atoms with Crippen LogP contribution in [0.3, 0.4) is 0 Å². The van der Waals surface area contributed by atoms with Gasteiger partial charge in [0.2, 0.25) is 6.29 Å². The lowest BCUT2D eigenvalue weighted by atomic mass is 10.0. The van der Waals surface area contributed by atoms with Crippen LogP contribution in [-0.2, 0) is 23.8 Å². The first-order chi connectivity index (χ1) is 18.1. The summed E-state index contributed by atoms with van der Waals surface area (Å²) in [6, 6.07) is 14.6. The van der Waals surface area contributed by atoms with Crippen LogP contribution in [0.5, 0.6) is 0 Å². The minimum Gasteiger partial charge on any atom is -0.435 e. The lowest BCUT2D eigenvalue weighted by molar-refractivity contribution is -0.777. The molecule has 0 amide bonds. The third-order valence-electron chi connectivity index (χ3n) is 6.12. The maximum absolute atomic E-state index is 13.7. The number of ether oxygens (including phenoxy) is 3. The first-order valence-corrected chi connectivity index (χ1v) is 12.3. The molecule has 0 bridgehead atoms. The van der Waals surface area contributed by atoms with Crippen molar-refractivity contribution in [2.75, 3.05) is 14.2 Å². The maximum Gasteiger partial charge on any atom is 0.310 e. The van der Waals surface area contributed by atoms with Crippen molar-refractivity contribution in [3.8, 4) is 11.1 Å². The van der Waals surface area contributed by atoms with E-state index in [-0.39, 0.29) is 18.3 Å². The zero-order valence-corrected chi connectivity index (χ0v) is 22.1. The van der Waals surface area contributed by atoms with E-state index in [0.29, 0.717) is 6.42 Å². The summed E-state index contributed by atoms with van der Waals surface area (Å²) in [6.45, 7) is 5.46. The molecular formula is C28H33FN2O7. The second-order valence-electron chi connectivity index (χ2n) is 9.07. The highest BCUT2D eigenvalue weighted by molar-refractivity contribution is 6.01. The molecule has 0 saturated heterocycles. The predicted octanol–water partition coefficient (Wildman–Crippen LogP) is 5.95. The summed E-state index contributed by atoms with van der Waals surface area (Å²) in [5.41, 5.74) is 3.86.